The maximum Gasteiger partial charge on any atom is 0.415 e. The Balaban J connectivity index is 1.22. The summed E-state index contributed by atoms with van der Waals surface area (Å²) >= 11 is 1.63. The van der Waals surface area contributed by atoms with Gasteiger partial charge in [-0.2, -0.15) is 0 Å². The fraction of sp³-hybridized carbons (Fsp3) is 0.300. The number of hydrogen-bond acceptors (Lipinski definition) is 7. The summed E-state index contributed by atoms with van der Waals surface area (Å²) in [6.45, 7) is 3.64. The maximum atomic E-state index is 12.4. The zero-order valence-corrected chi connectivity index (χ0v) is 16.7. The number of H-pyrrole nitrogens is 1. The summed E-state index contributed by atoms with van der Waals surface area (Å²) in [7, 11) is 0. The average Bonchev–Trinajstić information content (AvgIpc) is 3.28. The first-order valence-corrected chi connectivity index (χ1v) is 10.4. The Kier molecular flexibility index (Phi) is 6.38. The third kappa shape index (κ3) is 5.55. The minimum Gasteiger partial charge on any atom is -0.410 e. The number of ether oxygens (including phenoxy) is 1. The predicted molar refractivity (Wildman–Crippen MR) is 109 cm³/mol. The van der Waals surface area contributed by atoms with Gasteiger partial charge in [-0.3, -0.25) is 4.90 Å². The lowest BCUT2D eigenvalue weighted by atomic mass is 10.2. The zero-order valence-electron chi connectivity index (χ0n) is 15.9. The molecule has 150 valence electrons. The number of imidazole rings is 1. The van der Waals surface area contributed by atoms with E-state index in [1.54, 1.807) is 41.6 Å². The molecule has 0 spiro atoms. The van der Waals surface area contributed by atoms with Crippen molar-refractivity contribution in [1.29, 1.82) is 0 Å². The van der Waals surface area contributed by atoms with E-state index >= 15 is 0 Å². The molecule has 9 heteroatoms. The SMILES string of the molecule is O=C(Oc1ccc(CSc2ncc[nH]2)cc1)N1CCN(Cc2ccncn2)CC1. The number of piperazine rings is 1. The van der Waals surface area contributed by atoms with Gasteiger partial charge in [-0.05, 0) is 23.8 Å². The van der Waals surface area contributed by atoms with Crippen molar-refractivity contribution in [2.75, 3.05) is 26.2 Å². The highest BCUT2D eigenvalue weighted by Gasteiger charge is 2.22. The number of thioether (sulfide) groups is 1. The van der Waals surface area contributed by atoms with Gasteiger partial charge >= 0.3 is 6.09 Å². The molecular formula is C20H22N6O2S. The summed E-state index contributed by atoms with van der Waals surface area (Å²) in [6, 6.07) is 9.52. The van der Waals surface area contributed by atoms with Crippen molar-refractivity contribution in [2.45, 2.75) is 17.5 Å². The molecule has 0 aliphatic carbocycles. The Bertz CT molecular complexity index is 896. The molecule has 3 heterocycles. The zero-order chi connectivity index (χ0) is 19.9. The fourth-order valence-corrected chi connectivity index (χ4v) is 3.81. The van der Waals surface area contributed by atoms with Gasteiger partial charge < -0.3 is 14.6 Å². The molecule has 29 heavy (non-hydrogen) atoms. The first-order valence-electron chi connectivity index (χ1n) is 9.41. The average molecular weight is 411 g/mol. The second kappa shape index (κ2) is 9.53. The van der Waals surface area contributed by atoms with E-state index in [0.717, 1.165) is 41.8 Å². The molecule has 1 fully saturated rings. The molecule has 1 aliphatic rings. The van der Waals surface area contributed by atoms with E-state index in [9.17, 15) is 4.79 Å². The highest BCUT2D eigenvalue weighted by Crippen LogP contribution is 2.21. The molecule has 1 aromatic carbocycles. The monoisotopic (exact) mass is 410 g/mol. The standard InChI is InChI=1S/C20H22N6O2S/c27-20(26-11-9-25(10-12-26)13-17-5-6-21-15-24-17)28-18-3-1-16(2-4-18)14-29-19-22-7-8-23-19/h1-8,15H,9-14H2,(H,22,23). The molecule has 0 radical (unpaired) electrons. The van der Waals surface area contributed by atoms with Crippen molar-refractivity contribution in [3.05, 3.63) is 66.5 Å². The Morgan fingerprint density at radius 1 is 1.07 bits per heavy atom. The third-order valence-corrected chi connectivity index (χ3v) is 5.61. The Labute approximate surface area is 173 Å². The van der Waals surface area contributed by atoms with E-state index in [2.05, 4.69) is 24.8 Å². The van der Waals surface area contributed by atoms with Crippen molar-refractivity contribution < 1.29 is 9.53 Å². The molecule has 0 atom stereocenters. The predicted octanol–water partition coefficient (Wildman–Crippen LogP) is 2.81. The molecule has 0 bridgehead atoms. The van der Waals surface area contributed by atoms with Crippen LogP contribution in [0.15, 0.2) is 60.4 Å². The van der Waals surface area contributed by atoms with Gasteiger partial charge in [0.2, 0.25) is 0 Å². The van der Waals surface area contributed by atoms with E-state index in [4.69, 9.17) is 4.74 Å². The van der Waals surface area contributed by atoms with Crippen molar-refractivity contribution in [2.24, 2.45) is 0 Å². The van der Waals surface area contributed by atoms with Gasteiger partial charge in [0.15, 0.2) is 5.16 Å². The number of benzene rings is 1. The van der Waals surface area contributed by atoms with Crippen LogP contribution in [0.1, 0.15) is 11.3 Å². The van der Waals surface area contributed by atoms with E-state index in [1.807, 2.05) is 30.3 Å². The number of aromatic amines is 1. The van der Waals surface area contributed by atoms with Crippen LogP contribution in [0.25, 0.3) is 0 Å². The number of carbonyl (C=O) groups is 1. The van der Waals surface area contributed by atoms with Crippen LogP contribution < -0.4 is 4.74 Å². The summed E-state index contributed by atoms with van der Waals surface area (Å²) in [5.41, 5.74) is 2.13. The molecule has 2 aromatic heterocycles. The number of aromatic nitrogens is 4. The van der Waals surface area contributed by atoms with Gasteiger partial charge in [-0.1, -0.05) is 23.9 Å². The maximum absolute atomic E-state index is 12.4. The lowest BCUT2D eigenvalue weighted by Crippen LogP contribution is -2.49. The largest absolute Gasteiger partial charge is 0.415 e. The summed E-state index contributed by atoms with van der Waals surface area (Å²) in [4.78, 5) is 31.9. The van der Waals surface area contributed by atoms with Crippen molar-refractivity contribution in [3.63, 3.8) is 0 Å². The summed E-state index contributed by atoms with van der Waals surface area (Å²) < 4.78 is 5.54. The minimum atomic E-state index is -0.301. The van der Waals surface area contributed by atoms with Crippen LogP contribution in [0.3, 0.4) is 0 Å². The Hall–Kier alpha value is -2.91. The van der Waals surface area contributed by atoms with Gasteiger partial charge in [0.25, 0.3) is 0 Å². The summed E-state index contributed by atoms with van der Waals surface area (Å²) in [5.74, 6) is 1.36. The van der Waals surface area contributed by atoms with E-state index in [1.165, 1.54) is 0 Å². The number of amides is 1. The first-order chi connectivity index (χ1) is 14.3. The minimum absolute atomic E-state index is 0.301. The van der Waals surface area contributed by atoms with Crippen LogP contribution in [0, 0.1) is 0 Å². The lowest BCUT2D eigenvalue weighted by Gasteiger charge is -2.33. The molecular weight excluding hydrogens is 388 g/mol. The van der Waals surface area contributed by atoms with Crippen molar-refractivity contribution in [3.8, 4) is 5.75 Å². The molecule has 0 unspecified atom stereocenters. The second-order valence-electron chi connectivity index (χ2n) is 6.66. The summed E-state index contributed by atoms with van der Waals surface area (Å²) in [5, 5.41) is 0.888. The molecule has 4 rings (SSSR count). The van der Waals surface area contributed by atoms with Gasteiger partial charge in [-0.15, -0.1) is 0 Å². The Morgan fingerprint density at radius 3 is 2.59 bits per heavy atom. The lowest BCUT2D eigenvalue weighted by molar-refractivity contribution is 0.107. The van der Waals surface area contributed by atoms with Crippen LogP contribution in [0.4, 0.5) is 4.79 Å². The quantitative estimate of drug-likeness (QED) is 0.625. The van der Waals surface area contributed by atoms with Crippen molar-refractivity contribution in [1.82, 2.24) is 29.7 Å². The molecule has 1 amide bonds. The van der Waals surface area contributed by atoms with E-state index in [0.29, 0.717) is 18.8 Å². The Morgan fingerprint density at radius 2 is 1.90 bits per heavy atom. The van der Waals surface area contributed by atoms with Crippen LogP contribution in [-0.2, 0) is 12.3 Å². The number of nitrogens with zero attached hydrogens (tertiary/aromatic N) is 5. The molecule has 1 saturated heterocycles. The number of nitrogens with one attached hydrogen (secondary N) is 1. The van der Waals surface area contributed by atoms with Crippen LogP contribution in [-0.4, -0.2) is 62.0 Å². The van der Waals surface area contributed by atoms with Crippen LogP contribution >= 0.6 is 11.8 Å². The van der Waals surface area contributed by atoms with Crippen LogP contribution in [0.5, 0.6) is 5.75 Å². The smallest absolute Gasteiger partial charge is 0.410 e. The summed E-state index contributed by atoms with van der Waals surface area (Å²) in [6.07, 6.45) is 6.55. The second-order valence-corrected chi connectivity index (χ2v) is 7.62. The first kappa shape index (κ1) is 19.4. The number of carbonyl (C=O) groups excluding carboxylic acids is 1. The van der Waals surface area contributed by atoms with Gasteiger partial charge in [-0.25, -0.2) is 19.7 Å². The molecule has 3 aromatic rings. The molecule has 1 aliphatic heterocycles. The van der Waals surface area contributed by atoms with E-state index < -0.39 is 0 Å². The van der Waals surface area contributed by atoms with Gasteiger partial charge in [0.1, 0.15) is 12.1 Å². The molecule has 1 N–H and O–H groups in total. The molecule has 8 nitrogen and oxygen atoms in total. The number of rotatable bonds is 6. The normalized spacial score (nSPS) is 14.7. The van der Waals surface area contributed by atoms with Crippen molar-refractivity contribution >= 4 is 17.9 Å². The van der Waals surface area contributed by atoms with Gasteiger partial charge in [0.05, 0.1) is 5.69 Å². The number of hydrogen-bond donors (Lipinski definition) is 1. The topological polar surface area (TPSA) is 87.2 Å². The van der Waals surface area contributed by atoms with Gasteiger partial charge in [0, 0.05) is 57.1 Å². The van der Waals surface area contributed by atoms with E-state index in [-0.39, 0.29) is 6.09 Å². The third-order valence-electron chi connectivity index (χ3n) is 4.64. The highest BCUT2D eigenvalue weighted by atomic mass is 32.2. The highest BCUT2D eigenvalue weighted by molar-refractivity contribution is 7.98. The fourth-order valence-electron chi connectivity index (χ4n) is 3.03. The molecule has 0 saturated carbocycles. The van der Waals surface area contributed by atoms with Crippen LogP contribution in [0.2, 0.25) is 0 Å².